The van der Waals surface area contributed by atoms with Crippen molar-refractivity contribution < 1.29 is 0 Å². The summed E-state index contributed by atoms with van der Waals surface area (Å²) < 4.78 is 0. The summed E-state index contributed by atoms with van der Waals surface area (Å²) in [4.78, 5) is 0. The van der Waals surface area contributed by atoms with Crippen LogP contribution < -0.4 is 0 Å². The maximum Gasteiger partial charge on any atom is -0.00868 e. The molecule has 0 saturated heterocycles. The Balaban J connectivity index is 2.58. The molecule has 1 aliphatic rings. The van der Waals surface area contributed by atoms with E-state index in [2.05, 4.69) is 31.2 Å². The predicted molar refractivity (Wildman–Crippen MR) is 48.3 cm³/mol. The van der Waals surface area contributed by atoms with E-state index in [1.165, 1.54) is 29.5 Å². The van der Waals surface area contributed by atoms with Gasteiger partial charge in [0.2, 0.25) is 0 Å². The van der Waals surface area contributed by atoms with Crippen LogP contribution in [0.25, 0.3) is 6.08 Å². The van der Waals surface area contributed by atoms with E-state index in [4.69, 9.17) is 0 Å². The van der Waals surface area contributed by atoms with Crippen molar-refractivity contribution in [1.29, 1.82) is 0 Å². The lowest BCUT2D eigenvalue weighted by Crippen LogP contribution is -1.84. The van der Waals surface area contributed by atoms with E-state index in [-0.39, 0.29) is 0 Å². The first-order valence-corrected chi connectivity index (χ1v) is 3.99. The highest BCUT2D eigenvalue weighted by Crippen LogP contribution is 2.26. The molecule has 0 fully saturated rings. The Morgan fingerprint density at radius 1 is 1.36 bits per heavy atom. The first-order valence-electron chi connectivity index (χ1n) is 3.99. The van der Waals surface area contributed by atoms with E-state index in [1.54, 1.807) is 0 Å². The lowest BCUT2D eigenvalue weighted by molar-refractivity contribution is 1.03. The third-order valence-corrected chi connectivity index (χ3v) is 2.23. The average molecular weight is 143 g/mol. The number of rotatable bonds is 1. The van der Waals surface area contributed by atoms with Gasteiger partial charge < -0.3 is 0 Å². The lowest BCUT2D eigenvalue weighted by atomic mass is 10.0. The molecule has 0 nitrogen and oxygen atoms in total. The molecule has 0 amide bonds. The van der Waals surface area contributed by atoms with Crippen LogP contribution in [-0.2, 0) is 6.42 Å². The molecule has 1 aliphatic carbocycles. The molecular formula is C11H11. The SMILES string of the molecule is C=Cc1cccc2c1CC[CH]2. The largest absolute Gasteiger partial charge is 0.0985 e. The summed E-state index contributed by atoms with van der Waals surface area (Å²) >= 11 is 0. The van der Waals surface area contributed by atoms with Crippen molar-refractivity contribution in [2.75, 3.05) is 0 Å². The summed E-state index contributed by atoms with van der Waals surface area (Å²) in [6.07, 6.45) is 6.62. The average Bonchev–Trinajstić information content (AvgIpc) is 2.50. The Kier molecular flexibility index (Phi) is 1.54. The Morgan fingerprint density at radius 3 is 3.09 bits per heavy atom. The molecule has 0 aromatic heterocycles. The molecule has 0 unspecified atom stereocenters. The van der Waals surface area contributed by atoms with Crippen LogP contribution in [0.1, 0.15) is 23.1 Å². The van der Waals surface area contributed by atoms with Crippen LogP contribution in [-0.4, -0.2) is 0 Å². The van der Waals surface area contributed by atoms with Gasteiger partial charge in [0.25, 0.3) is 0 Å². The van der Waals surface area contributed by atoms with Gasteiger partial charge in [-0.25, -0.2) is 0 Å². The fraction of sp³-hybridized carbons (Fsp3) is 0.182. The molecule has 11 heavy (non-hydrogen) atoms. The molecule has 0 aliphatic heterocycles. The van der Waals surface area contributed by atoms with Crippen LogP contribution in [0.4, 0.5) is 0 Å². The van der Waals surface area contributed by atoms with Gasteiger partial charge in [0.1, 0.15) is 0 Å². The maximum absolute atomic E-state index is 3.79. The van der Waals surface area contributed by atoms with Crippen LogP contribution >= 0.6 is 0 Å². The first-order chi connectivity index (χ1) is 5.42. The summed E-state index contributed by atoms with van der Waals surface area (Å²) in [5, 5.41) is 0. The zero-order chi connectivity index (χ0) is 7.68. The quantitative estimate of drug-likeness (QED) is 0.567. The summed E-state index contributed by atoms with van der Waals surface area (Å²) in [7, 11) is 0. The molecule has 0 spiro atoms. The third kappa shape index (κ3) is 0.988. The smallest absolute Gasteiger partial charge is 0.00868 e. The Bertz CT molecular complexity index is 284. The third-order valence-electron chi connectivity index (χ3n) is 2.23. The van der Waals surface area contributed by atoms with Gasteiger partial charge in [-0.15, -0.1) is 0 Å². The highest BCUT2D eigenvalue weighted by molar-refractivity contribution is 5.57. The van der Waals surface area contributed by atoms with Crippen LogP contribution in [0.3, 0.4) is 0 Å². The highest BCUT2D eigenvalue weighted by atomic mass is 14.2. The topological polar surface area (TPSA) is 0 Å². The Hall–Kier alpha value is -1.04. The van der Waals surface area contributed by atoms with Crippen molar-refractivity contribution in [2.24, 2.45) is 0 Å². The highest BCUT2D eigenvalue weighted by Gasteiger charge is 2.11. The van der Waals surface area contributed by atoms with Crippen molar-refractivity contribution in [3.05, 3.63) is 47.9 Å². The standard InChI is InChI=1S/C11H11/c1-2-9-5-3-6-10-7-4-8-11(9)10/h2-3,5-7H,1,4,8H2. The fourth-order valence-corrected chi connectivity index (χ4v) is 1.67. The summed E-state index contributed by atoms with van der Waals surface area (Å²) in [6, 6.07) is 6.40. The summed E-state index contributed by atoms with van der Waals surface area (Å²) in [5.41, 5.74) is 4.18. The van der Waals surface area contributed by atoms with Crippen molar-refractivity contribution in [3.63, 3.8) is 0 Å². The summed E-state index contributed by atoms with van der Waals surface area (Å²) in [5.74, 6) is 0. The van der Waals surface area contributed by atoms with E-state index in [0.717, 1.165) is 0 Å². The van der Waals surface area contributed by atoms with Crippen molar-refractivity contribution in [2.45, 2.75) is 12.8 Å². The van der Waals surface area contributed by atoms with E-state index in [9.17, 15) is 0 Å². The number of benzene rings is 1. The minimum Gasteiger partial charge on any atom is -0.0985 e. The van der Waals surface area contributed by atoms with Crippen LogP contribution in [0, 0.1) is 6.42 Å². The van der Waals surface area contributed by atoms with Gasteiger partial charge in [-0.1, -0.05) is 30.9 Å². The van der Waals surface area contributed by atoms with Gasteiger partial charge in [-0.3, -0.25) is 0 Å². The maximum atomic E-state index is 3.79. The van der Waals surface area contributed by atoms with Crippen molar-refractivity contribution in [3.8, 4) is 0 Å². The molecule has 0 atom stereocenters. The van der Waals surface area contributed by atoms with Crippen LogP contribution in [0.2, 0.25) is 0 Å². The second-order valence-electron chi connectivity index (χ2n) is 2.86. The van der Waals surface area contributed by atoms with Gasteiger partial charge in [0, 0.05) is 0 Å². The number of hydrogen-bond acceptors (Lipinski definition) is 0. The number of fused-ring (bicyclic) bond motifs is 1. The minimum atomic E-state index is 1.19. The number of hydrogen-bond donors (Lipinski definition) is 0. The van der Waals surface area contributed by atoms with Crippen LogP contribution in [0.15, 0.2) is 24.8 Å². The molecule has 0 bridgehead atoms. The molecular weight excluding hydrogens is 132 g/mol. The van der Waals surface area contributed by atoms with E-state index < -0.39 is 0 Å². The van der Waals surface area contributed by atoms with Crippen LogP contribution in [0.5, 0.6) is 0 Å². The van der Waals surface area contributed by atoms with Gasteiger partial charge in [-0.2, -0.15) is 0 Å². The molecule has 0 heteroatoms. The van der Waals surface area contributed by atoms with E-state index >= 15 is 0 Å². The minimum absolute atomic E-state index is 1.19. The molecule has 0 heterocycles. The summed E-state index contributed by atoms with van der Waals surface area (Å²) in [6.45, 7) is 3.79. The van der Waals surface area contributed by atoms with Crippen molar-refractivity contribution in [1.82, 2.24) is 0 Å². The Morgan fingerprint density at radius 2 is 2.27 bits per heavy atom. The Labute approximate surface area is 67.6 Å². The lowest BCUT2D eigenvalue weighted by Gasteiger charge is -2.01. The van der Waals surface area contributed by atoms with Gasteiger partial charge in [0.05, 0.1) is 0 Å². The molecule has 1 radical (unpaired) electrons. The zero-order valence-corrected chi connectivity index (χ0v) is 6.51. The molecule has 55 valence electrons. The van der Waals surface area contributed by atoms with Crippen molar-refractivity contribution >= 4 is 6.08 Å². The van der Waals surface area contributed by atoms with E-state index in [0.29, 0.717) is 0 Å². The monoisotopic (exact) mass is 143 g/mol. The predicted octanol–water partition coefficient (Wildman–Crippen LogP) is 2.83. The zero-order valence-electron chi connectivity index (χ0n) is 6.51. The van der Waals surface area contributed by atoms with Gasteiger partial charge >= 0.3 is 0 Å². The fourth-order valence-electron chi connectivity index (χ4n) is 1.67. The van der Waals surface area contributed by atoms with Gasteiger partial charge in [-0.05, 0) is 36.0 Å². The van der Waals surface area contributed by atoms with E-state index in [1.807, 2.05) is 6.08 Å². The molecule has 2 rings (SSSR count). The second kappa shape index (κ2) is 2.54. The second-order valence-corrected chi connectivity index (χ2v) is 2.86. The normalized spacial score (nSPS) is 14.5. The molecule has 0 N–H and O–H groups in total. The molecule has 1 aromatic carbocycles. The van der Waals surface area contributed by atoms with Gasteiger partial charge in [0.15, 0.2) is 0 Å². The first kappa shape index (κ1) is 6.66. The molecule has 1 aromatic rings. The molecule has 0 saturated carbocycles.